The Kier molecular flexibility index (Phi) is 4.22. The van der Waals surface area contributed by atoms with E-state index < -0.39 is 5.91 Å². The SMILES string of the molecule is CN1CCN(c2ccc(Nc3cc(C(N)=O)c4cc[nH]c4c3)cn2)CC1. The standard InChI is InChI=1S/C19H22N6O/c1-24-6-8-25(9-7-24)18-3-2-13(12-22-18)23-14-10-16(19(20)26)15-4-5-21-17(15)11-14/h2-5,10-12,21,23H,6-9H2,1H3,(H2,20,26). The number of benzene rings is 1. The molecule has 4 N–H and O–H groups in total. The van der Waals surface area contributed by atoms with E-state index >= 15 is 0 Å². The minimum atomic E-state index is -0.443. The number of pyridine rings is 1. The molecule has 4 rings (SSSR count). The van der Waals surface area contributed by atoms with Gasteiger partial charge >= 0.3 is 0 Å². The smallest absolute Gasteiger partial charge is 0.249 e. The number of hydrogen-bond acceptors (Lipinski definition) is 5. The summed E-state index contributed by atoms with van der Waals surface area (Å²) in [4.78, 5) is 24.0. The predicted octanol–water partition coefficient (Wildman–Crippen LogP) is 2.16. The van der Waals surface area contributed by atoms with Gasteiger partial charge in [-0.15, -0.1) is 0 Å². The van der Waals surface area contributed by atoms with E-state index in [0.29, 0.717) is 5.56 Å². The molecule has 1 fully saturated rings. The number of nitrogens with zero attached hydrogens (tertiary/aromatic N) is 3. The Hall–Kier alpha value is -3.06. The number of fused-ring (bicyclic) bond motifs is 1. The van der Waals surface area contributed by atoms with Gasteiger partial charge in [-0.2, -0.15) is 0 Å². The van der Waals surface area contributed by atoms with E-state index in [2.05, 4.69) is 32.1 Å². The molecular weight excluding hydrogens is 328 g/mol. The molecule has 0 aliphatic carbocycles. The lowest BCUT2D eigenvalue weighted by atomic mass is 10.1. The van der Waals surface area contributed by atoms with Gasteiger partial charge in [0.1, 0.15) is 5.82 Å². The van der Waals surface area contributed by atoms with Crippen molar-refractivity contribution in [1.29, 1.82) is 0 Å². The van der Waals surface area contributed by atoms with Crippen LogP contribution in [0.1, 0.15) is 10.4 Å². The van der Waals surface area contributed by atoms with Crippen molar-refractivity contribution in [2.45, 2.75) is 0 Å². The number of hydrogen-bond donors (Lipinski definition) is 3. The molecule has 1 aliphatic rings. The lowest BCUT2D eigenvalue weighted by Gasteiger charge is -2.33. The van der Waals surface area contributed by atoms with Crippen LogP contribution in [0.2, 0.25) is 0 Å². The molecule has 7 nitrogen and oxygen atoms in total. The summed E-state index contributed by atoms with van der Waals surface area (Å²) in [5.74, 6) is 0.545. The number of primary amides is 1. The maximum absolute atomic E-state index is 11.7. The number of amides is 1. The van der Waals surface area contributed by atoms with E-state index in [4.69, 9.17) is 5.73 Å². The molecule has 3 aromatic rings. The number of nitrogens with two attached hydrogens (primary N) is 1. The predicted molar refractivity (Wildman–Crippen MR) is 104 cm³/mol. The maximum Gasteiger partial charge on any atom is 0.249 e. The summed E-state index contributed by atoms with van der Waals surface area (Å²) in [7, 11) is 2.14. The Balaban J connectivity index is 1.54. The fraction of sp³-hybridized carbons (Fsp3) is 0.263. The number of aromatic nitrogens is 2. The third kappa shape index (κ3) is 3.21. The number of anilines is 3. The summed E-state index contributed by atoms with van der Waals surface area (Å²) < 4.78 is 0. The molecule has 3 heterocycles. The second kappa shape index (κ2) is 6.68. The normalized spacial score (nSPS) is 15.3. The summed E-state index contributed by atoms with van der Waals surface area (Å²) in [5, 5.41) is 4.13. The highest BCUT2D eigenvalue weighted by Crippen LogP contribution is 2.26. The van der Waals surface area contributed by atoms with E-state index in [1.807, 2.05) is 30.5 Å². The second-order valence-electron chi connectivity index (χ2n) is 6.65. The molecule has 0 spiro atoms. The van der Waals surface area contributed by atoms with Crippen LogP contribution in [0, 0.1) is 0 Å². The fourth-order valence-corrected chi connectivity index (χ4v) is 3.29. The van der Waals surface area contributed by atoms with Crippen LogP contribution in [-0.2, 0) is 0 Å². The van der Waals surface area contributed by atoms with Gasteiger partial charge in [0.2, 0.25) is 5.91 Å². The molecule has 26 heavy (non-hydrogen) atoms. The van der Waals surface area contributed by atoms with Gasteiger partial charge in [0.15, 0.2) is 0 Å². The zero-order valence-corrected chi connectivity index (χ0v) is 14.7. The van der Waals surface area contributed by atoms with E-state index in [1.165, 1.54) is 0 Å². The summed E-state index contributed by atoms with van der Waals surface area (Å²) in [6.45, 7) is 4.07. The van der Waals surface area contributed by atoms with Crippen LogP contribution in [-0.4, -0.2) is 54.0 Å². The molecule has 0 unspecified atom stereocenters. The highest BCUT2D eigenvalue weighted by atomic mass is 16.1. The Bertz CT molecular complexity index is 925. The zero-order valence-electron chi connectivity index (χ0n) is 14.7. The monoisotopic (exact) mass is 350 g/mol. The van der Waals surface area contributed by atoms with Crippen molar-refractivity contribution in [1.82, 2.24) is 14.9 Å². The number of likely N-dealkylation sites (N-methyl/N-ethyl adjacent to an activating group) is 1. The van der Waals surface area contributed by atoms with Crippen LogP contribution in [0.15, 0.2) is 42.7 Å². The van der Waals surface area contributed by atoms with Gasteiger partial charge in [-0.1, -0.05) is 0 Å². The minimum Gasteiger partial charge on any atom is -0.366 e. The zero-order chi connectivity index (χ0) is 18.1. The van der Waals surface area contributed by atoms with Crippen molar-refractivity contribution in [2.75, 3.05) is 43.4 Å². The summed E-state index contributed by atoms with van der Waals surface area (Å²) in [6, 6.07) is 9.61. The van der Waals surface area contributed by atoms with Crippen molar-refractivity contribution < 1.29 is 4.79 Å². The maximum atomic E-state index is 11.7. The third-order valence-electron chi connectivity index (χ3n) is 4.80. The molecular formula is C19H22N6O. The van der Waals surface area contributed by atoms with Crippen LogP contribution in [0.25, 0.3) is 10.9 Å². The first-order valence-electron chi connectivity index (χ1n) is 8.68. The van der Waals surface area contributed by atoms with Crippen molar-refractivity contribution in [3.05, 3.63) is 48.3 Å². The lowest BCUT2D eigenvalue weighted by molar-refractivity contribution is 0.100. The van der Waals surface area contributed by atoms with E-state index in [1.54, 1.807) is 12.3 Å². The number of carbonyl (C=O) groups is 1. The van der Waals surface area contributed by atoms with Crippen LogP contribution in [0.3, 0.4) is 0 Å². The molecule has 2 aromatic heterocycles. The quantitative estimate of drug-likeness (QED) is 0.671. The molecule has 134 valence electrons. The number of piperazine rings is 1. The summed E-state index contributed by atoms with van der Waals surface area (Å²) in [5.41, 5.74) is 8.53. The van der Waals surface area contributed by atoms with E-state index in [9.17, 15) is 4.79 Å². The first-order valence-corrected chi connectivity index (χ1v) is 8.68. The van der Waals surface area contributed by atoms with Gasteiger partial charge in [-0.05, 0) is 37.4 Å². The third-order valence-corrected chi connectivity index (χ3v) is 4.80. The van der Waals surface area contributed by atoms with Gasteiger partial charge in [0.05, 0.1) is 17.4 Å². The van der Waals surface area contributed by atoms with Crippen molar-refractivity contribution >= 4 is 34.0 Å². The van der Waals surface area contributed by atoms with Crippen molar-refractivity contribution in [3.8, 4) is 0 Å². The van der Waals surface area contributed by atoms with Crippen LogP contribution < -0.4 is 16.0 Å². The van der Waals surface area contributed by atoms with E-state index in [-0.39, 0.29) is 0 Å². The highest BCUT2D eigenvalue weighted by molar-refractivity contribution is 6.07. The number of carbonyl (C=O) groups excluding carboxylic acids is 1. The average molecular weight is 350 g/mol. The molecule has 0 radical (unpaired) electrons. The number of H-pyrrole nitrogens is 1. The largest absolute Gasteiger partial charge is 0.366 e. The van der Waals surface area contributed by atoms with E-state index in [0.717, 1.165) is 54.3 Å². The summed E-state index contributed by atoms with van der Waals surface area (Å²) >= 11 is 0. The fourth-order valence-electron chi connectivity index (χ4n) is 3.29. The number of rotatable bonds is 4. The van der Waals surface area contributed by atoms with Crippen molar-refractivity contribution in [3.63, 3.8) is 0 Å². The molecule has 7 heteroatoms. The first-order chi connectivity index (χ1) is 12.6. The molecule has 1 amide bonds. The van der Waals surface area contributed by atoms with Crippen LogP contribution in [0.5, 0.6) is 0 Å². The molecule has 0 bridgehead atoms. The number of aromatic amines is 1. The van der Waals surface area contributed by atoms with Gasteiger partial charge in [-0.3, -0.25) is 4.79 Å². The molecule has 0 atom stereocenters. The van der Waals surface area contributed by atoms with Gasteiger partial charge in [-0.25, -0.2) is 4.98 Å². The first kappa shape index (κ1) is 16.4. The molecule has 1 aromatic carbocycles. The Morgan fingerprint density at radius 2 is 1.96 bits per heavy atom. The van der Waals surface area contributed by atoms with Crippen LogP contribution in [0.4, 0.5) is 17.2 Å². The second-order valence-corrected chi connectivity index (χ2v) is 6.65. The molecule has 0 saturated carbocycles. The summed E-state index contributed by atoms with van der Waals surface area (Å²) in [6.07, 6.45) is 3.61. The molecule has 1 saturated heterocycles. The van der Waals surface area contributed by atoms with Gasteiger partial charge in [0, 0.05) is 49.0 Å². The minimum absolute atomic E-state index is 0.443. The Labute approximate surface area is 151 Å². The Morgan fingerprint density at radius 1 is 1.15 bits per heavy atom. The highest BCUT2D eigenvalue weighted by Gasteiger charge is 2.15. The molecule has 1 aliphatic heterocycles. The van der Waals surface area contributed by atoms with Gasteiger partial charge < -0.3 is 25.8 Å². The van der Waals surface area contributed by atoms with Crippen molar-refractivity contribution in [2.24, 2.45) is 5.73 Å². The number of nitrogens with one attached hydrogen (secondary N) is 2. The lowest BCUT2D eigenvalue weighted by Crippen LogP contribution is -2.44. The Morgan fingerprint density at radius 3 is 2.65 bits per heavy atom. The van der Waals surface area contributed by atoms with Crippen LogP contribution >= 0.6 is 0 Å². The van der Waals surface area contributed by atoms with Gasteiger partial charge in [0.25, 0.3) is 0 Å². The topological polar surface area (TPSA) is 90.3 Å². The average Bonchev–Trinajstić information content (AvgIpc) is 3.11.